The zero-order chi connectivity index (χ0) is 23.1. The highest BCUT2D eigenvalue weighted by Crippen LogP contribution is 2.32. The smallest absolute Gasteiger partial charge is 0.189 e. The molecule has 0 fully saturated rings. The van der Waals surface area contributed by atoms with Crippen LogP contribution in [0, 0.1) is 0 Å². The van der Waals surface area contributed by atoms with Gasteiger partial charge in [0, 0.05) is 5.56 Å². The molecule has 1 atom stereocenters. The van der Waals surface area contributed by atoms with E-state index < -0.39 is 11.9 Å². The molecule has 5 N–H and O–H groups in total. The molecule has 0 aliphatic carbocycles. The number of aliphatic hydroxyl groups excluding tert-OH is 1. The first-order valence-electron chi connectivity index (χ1n) is 9.87. The van der Waals surface area contributed by atoms with Gasteiger partial charge < -0.3 is 25.5 Å². The van der Waals surface area contributed by atoms with Crippen LogP contribution in [0.2, 0.25) is 0 Å². The van der Waals surface area contributed by atoms with Crippen LogP contribution in [0.25, 0.3) is 6.08 Å². The summed E-state index contributed by atoms with van der Waals surface area (Å²) in [7, 11) is 0. The zero-order valence-electron chi connectivity index (χ0n) is 17.7. The van der Waals surface area contributed by atoms with E-state index in [1.165, 1.54) is 42.5 Å². The Labute approximate surface area is 181 Å². The summed E-state index contributed by atoms with van der Waals surface area (Å²) in [4.78, 5) is 12.5. The predicted molar refractivity (Wildman–Crippen MR) is 120 cm³/mol. The predicted octanol–water partition coefficient (Wildman–Crippen LogP) is 4.61. The van der Waals surface area contributed by atoms with E-state index in [1.54, 1.807) is 6.92 Å². The molecule has 0 unspecified atom stereocenters. The topological polar surface area (TPSA) is 118 Å². The zero-order valence-corrected chi connectivity index (χ0v) is 17.7. The van der Waals surface area contributed by atoms with E-state index in [0.29, 0.717) is 24.0 Å². The number of rotatable bonds is 9. The Kier molecular flexibility index (Phi) is 8.05. The van der Waals surface area contributed by atoms with Crippen molar-refractivity contribution in [1.29, 1.82) is 0 Å². The van der Waals surface area contributed by atoms with Gasteiger partial charge in [0.15, 0.2) is 17.3 Å². The van der Waals surface area contributed by atoms with Crippen molar-refractivity contribution < 1.29 is 30.3 Å². The lowest BCUT2D eigenvalue weighted by Crippen LogP contribution is -2.06. The van der Waals surface area contributed by atoms with Crippen molar-refractivity contribution in [3.8, 4) is 23.0 Å². The molecule has 0 aromatic heterocycles. The molecule has 0 saturated carbocycles. The molecule has 0 heterocycles. The molecule has 2 aromatic carbocycles. The van der Waals surface area contributed by atoms with Gasteiger partial charge in [-0.1, -0.05) is 35.9 Å². The Morgan fingerprint density at radius 3 is 2.35 bits per heavy atom. The Hall–Kier alpha value is -3.51. The highest BCUT2D eigenvalue weighted by atomic mass is 16.3. The summed E-state index contributed by atoms with van der Waals surface area (Å²) in [6.45, 7) is 7.38. The van der Waals surface area contributed by atoms with Gasteiger partial charge in [-0.3, -0.25) is 4.79 Å². The molecule has 6 nitrogen and oxygen atoms in total. The molecule has 31 heavy (non-hydrogen) atoms. The average Bonchev–Trinajstić information content (AvgIpc) is 2.72. The quantitative estimate of drug-likeness (QED) is 0.174. The number of phenolic OH excluding ortho intramolecular Hbond substituents is 4. The first-order chi connectivity index (χ1) is 14.6. The fraction of sp³-hybridized carbons (Fsp3) is 0.240. The Morgan fingerprint density at radius 2 is 1.71 bits per heavy atom. The number of ketones is 1. The maximum absolute atomic E-state index is 12.5. The van der Waals surface area contributed by atoms with Gasteiger partial charge in [-0.05, 0) is 69.0 Å². The van der Waals surface area contributed by atoms with Crippen LogP contribution in [-0.4, -0.2) is 37.4 Å². The summed E-state index contributed by atoms with van der Waals surface area (Å²) in [5.41, 5.74) is 2.45. The van der Waals surface area contributed by atoms with Gasteiger partial charge >= 0.3 is 0 Å². The van der Waals surface area contributed by atoms with Crippen molar-refractivity contribution >= 4 is 11.9 Å². The van der Waals surface area contributed by atoms with E-state index in [9.17, 15) is 30.3 Å². The molecule has 2 aromatic rings. The fourth-order valence-electron chi connectivity index (χ4n) is 2.92. The van der Waals surface area contributed by atoms with E-state index in [-0.39, 0.29) is 40.5 Å². The van der Waals surface area contributed by atoms with Crippen molar-refractivity contribution in [1.82, 2.24) is 0 Å². The molecule has 0 radical (unpaired) electrons. The summed E-state index contributed by atoms with van der Waals surface area (Å²) in [5, 5.41) is 49.4. The standard InChI is InChI=1S/C25H28O6/c1-15(2)20(26)10-5-16(3)4-8-18-22(28)13-9-19(25(18)31)21(27)11-6-17-7-12-23(29)24(30)14-17/h4,6-7,9,11-14,20,26,28-31H,1,5,8,10H2,2-3H3/t20-/m1/s1. The number of hydrogen-bond acceptors (Lipinski definition) is 6. The van der Waals surface area contributed by atoms with Crippen molar-refractivity contribution in [3.05, 3.63) is 76.9 Å². The molecule has 0 aliphatic heterocycles. The number of benzene rings is 2. The molecule has 0 aliphatic rings. The molecular weight excluding hydrogens is 396 g/mol. The van der Waals surface area contributed by atoms with Gasteiger partial charge in [-0.25, -0.2) is 0 Å². The Morgan fingerprint density at radius 1 is 1.03 bits per heavy atom. The van der Waals surface area contributed by atoms with Gasteiger partial charge in [0.25, 0.3) is 0 Å². The molecule has 0 saturated heterocycles. The minimum Gasteiger partial charge on any atom is -0.508 e. The first kappa shape index (κ1) is 23.8. The van der Waals surface area contributed by atoms with Crippen LogP contribution >= 0.6 is 0 Å². The van der Waals surface area contributed by atoms with Gasteiger partial charge in [-0.2, -0.15) is 0 Å². The SMILES string of the molecule is C=C(C)[C@H](O)CCC(C)=CCc1c(O)ccc(C(=O)C=Cc2ccc(O)c(O)c2)c1O. The third-order valence-corrected chi connectivity index (χ3v) is 4.99. The number of aromatic hydroxyl groups is 4. The summed E-state index contributed by atoms with van der Waals surface area (Å²) in [5.74, 6) is -1.46. The van der Waals surface area contributed by atoms with E-state index in [4.69, 9.17) is 0 Å². The minimum absolute atomic E-state index is 0.0378. The molecule has 0 bridgehead atoms. The minimum atomic E-state index is -0.576. The van der Waals surface area contributed by atoms with E-state index in [0.717, 1.165) is 5.57 Å². The van der Waals surface area contributed by atoms with E-state index in [1.807, 2.05) is 13.0 Å². The first-order valence-corrected chi connectivity index (χ1v) is 9.87. The monoisotopic (exact) mass is 424 g/mol. The summed E-state index contributed by atoms with van der Waals surface area (Å²) < 4.78 is 0. The van der Waals surface area contributed by atoms with Crippen molar-refractivity contribution in [2.24, 2.45) is 0 Å². The van der Waals surface area contributed by atoms with Crippen LogP contribution in [0.5, 0.6) is 23.0 Å². The molecule has 6 heteroatoms. The second-order valence-electron chi connectivity index (χ2n) is 7.56. The van der Waals surface area contributed by atoms with E-state index >= 15 is 0 Å². The molecule has 2 rings (SSSR count). The largest absolute Gasteiger partial charge is 0.508 e. The number of aliphatic hydroxyl groups is 1. The fourth-order valence-corrected chi connectivity index (χ4v) is 2.92. The molecule has 164 valence electrons. The summed E-state index contributed by atoms with van der Waals surface area (Å²) >= 11 is 0. The number of phenols is 4. The number of carbonyl (C=O) groups excluding carboxylic acids is 1. The molecule has 0 spiro atoms. The Bertz CT molecular complexity index is 1030. The molecular formula is C25H28O6. The third kappa shape index (κ3) is 6.49. The number of hydrogen-bond donors (Lipinski definition) is 5. The Balaban J connectivity index is 2.16. The highest BCUT2D eigenvalue weighted by molar-refractivity contribution is 6.09. The molecule has 0 amide bonds. The maximum atomic E-state index is 12.5. The summed E-state index contributed by atoms with van der Waals surface area (Å²) in [6.07, 6.45) is 5.34. The van der Waals surface area contributed by atoms with Crippen LogP contribution in [-0.2, 0) is 6.42 Å². The van der Waals surface area contributed by atoms with Crippen LogP contribution in [0.1, 0.15) is 48.2 Å². The van der Waals surface area contributed by atoms with Crippen molar-refractivity contribution in [2.75, 3.05) is 0 Å². The van der Waals surface area contributed by atoms with Crippen LogP contribution in [0.15, 0.2) is 60.2 Å². The van der Waals surface area contributed by atoms with Gasteiger partial charge in [0.1, 0.15) is 11.5 Å². The maximum Gasteiger partial charge on any atom is 0.189 e. The van der Waals surface area contributed by atoms with Crippen molar-refractivity contribution in [3.63, 3.8) is 0 Å². The van der Waals surface area contributed by atoms with Crippen molar-refractivity contribution in [2.45, 2.75) is 39.2 Å². The van der Waals surface area contributed by atoms with Crippen LogP contribution in [0.4, 0.5) is 0 Å². The number of allylic oxidation sites excluding steroid dienone is 3. The average molecular weight is 424 g/mol. The lowest BCUT2D eigenvalue weighted by molar-refractivity contribution is 0.104. The second kappa shape index (κ2) is 10.5. The van der Waals surface area contributed by atoms with Gasteiger partial charge in [0.05, 0.1) is 11.7 Å². The second-order valence-corrected chi connectivity index (χ2v) is 7.56. The summed E-state index contributed by atoms with van der Waals surface area (Å²) in [6, 6.07) is 6.84. The lowest BCUT2D eigenvalue weighted by Gasteiger charge is -2.11. The van der Waals surface area contributed by atoms with E-state index in [2.05, 4.69) is 6.58 Å². The van der Waals surface area contributed by atoms with Crippen LogP contribution < -0.4 is 0 Å². The third-order valence-electron chi connectivity index (χ3n) is 4.99. The van der Waals surface area contributed by atoms with Crippen LogP contribution in [0.3, 0.4) is 0 Å². The number of carbonyl (C=O) groups is 1. The van der Waals surface area contributed by atoms with Gasteiger partial charge in [0.2, 0.25) is 0 Å². The lowest BCUT2D eigenvalue weighted by atomic mass is 9.99. The highest BCUT2D eigenvalue weighted by Gasteiger charge is 2.16. The normalized spacial score (nSPS) is 12.8. The van der Waals surface area contributed by atoms with Gasteiger partial charge in [-0.15, -0.1) is 0 Å².